The molecule has 0 bridgehead atoms. The normalized spacial score (nSPS) is 12.9. The van der Waals surface area contributed by atoms with Crippen LogP contribution in [0.4, 0.5) is 0 Å². The van der Waals surface area contributed by atoms with Crippen LogP contribution in [0, 0.1) is 11.8 Å². The molecule has 0 rings (SSSR count). The fourth-order valence-corrected chi connectivity index (χ4v) is 1.24. The number of ether oxygens (including phenoxy) is 1. The summed E-state index contributed by atoms with van der Waals surface area (Å²) in [6, 6.07) is 0. The highest BCUT2D eigenvalue weighted by Gasteiger charge is 2.13. The predicted molar refractivity (Wildman–Crippen MR) is 56.6 cm³/mol. The van der Waals surface area contributed by atoms with Crippen molar-refractivity contribution in [3.8, 4) is 0 Å². The third kappa shape index (κ3) is 6.86. The largest absolute Gasteiger partial charge is 0.383 e. The highest BCUT2D eigenvalue weighted by atomic mass is 16.5. The second kappa shape index (κ2) is 7.76. The summed E-state index contributed by atoms with van der Waals surface area (Å²) in [6.07, 6.45) is 0.914. The van der Waals surface area contributed by atoms with Crippen LogP contribution in [0.2, 0.25) is 0 Å². The lowest BCUT2D eigenvalue weighted by Gasteiger charge is -2.14. The molecule has 14 heavy (non-hydrogen) atoms. The molecule has 0 spiro atoms. The number of carbonyl (C=O) groups is 1. The summed E-state index contributed by atoms with van der Waals surface area (Å²) in [7, 11) is 1.63. The summed E-state index contributed by atoms with van der Waals surface area (Å²) >= 11 is 0. The summed E-state index contributed by atoms with van der Waals surface area (Å²) in [6.45, 7) is 7.40. The second-order valence-corrected chi connectivity index (χ2v) is 3.94. The van der Waals surface area contributed by atoms with Crippen LogP contribution in [0.15, 0.2) is 0 Å². The third-order valence-electron chi connectivity index (χ3n) is 1.92. The SMILES string of the molecule is COCCNNC(=O)C(C)CC(C)C. The van der Waals surface area contributed by atoms with Crippen molar-refractivity contribution < 1.29 is 9.53 Å². The van der Waals surface area contributed by atoms with Gasteiger partial charge in [-0.3, -0.25) is 10.2 Å². The van der Waals surface area contributed by atoms with Crippen LogP contribution in [0.25, 0.3) is 0 Å². The first-order valence-corrected chi connectivity index (χ1v) is 5.09. The van der Waals surface area contributed by atoms with Gasteiger partial charge in [0.25, 0.3) is 0 Å². The fourth-order valence-electron chi connectivity index (χ4n) is 1.24. The first kappa shape index (κ1) is 13.4. The van der Waals surface area contributed by atoms with Gasteiger partial charge in [-0.15, -0.1) is 0 Å². The lowest BCUT2D eigenvalue weighted by Crippen LogP contribution is -2.42. The number of carbonyl (C=O) groups excluding carboxylic acids is 1. The van der Waals surface area contributed by atoms with Gasteiger partial charge in [-0.25, -0.2) is 5.43 Å². The van der Waals surface area contributed by atoms with E-state index in [-0.39, 0.29) is 11.8 Å². The molecule has 1 unspecified atom stereocenters. The van der Waals surface area contributed by atoms with Gasteiger partial charge in [0.05, 0.1) is 6.61 Å². The number of rotatable bonds is 7. The Labute approximate surface area is 86.4 Å². The number of nitrogens with one attached hydrogen (secondary N) is 2. The molecule has 0 heterocycles. The van der Waals surface area contributed by atoms with Gasteiger partial charge in [0.2, 0.25) is 5.91 Å². The molecule has 4 heteroatoms. The quantitative estimate of drug-likeness (QED) is 0.477. The zero-order valence-corrected chi connectivity index (χ0v) is 9.59. The first-order valence-electron chi connectivity index (χ1n) is 5.09. The van der Waals surface area contributed by atoms with Crippen molar-refractivity contribution in [1.82, 2.24) is 10.9 Å². The van der Waals surface area contributed by atoms with Crippen molar-refractivity contribution in [3.05, 3.63) is 0 Å². The van der Waals surface area contributed by atoms with E-state index in [9.17, 15) is 4.79 Å². The van der Waals surface area contributed by atoms with E-state index in [2.05, 4.69) is 24.7 Å². The zero-order valence-electron chi connectivity index (χ0n) is 9.59. The van der Waals surface area contributed by atoms with E-state index in [0.29, 0.717) is 19.1 Å². The Morgan fingerprint density at radius 3 is 2.50 bits per heavy atom. The Bertz CT molecular complexity index is 160. The van der Waals surface area contributed by atoms with Crippen LogP contribution in [-0.2, 0) is 9.53 Å². The van der Waals surface area contributed by atoms with Crippen molar-refractivity contribution in [2.75, 3.05) is 20.3 Å². The fraction of sp³-hybridized carbons (Fsp3) is 0.900. The summed E-state index contributed by atoms with van der Waals surface area (Å²) < 4.78 is 4.83. The maximum absolute atomic E-state index is 11.4. The van der Waals surface area contributed by atoms with Gasteiger partial charge in [0.1, 0.15) is 0 Å². The summed E-state index contributed by atoms with van der Waals surface area (Å²) in [5, 5.41) is 0. The molecule has 0 aromatic rings. The highest BCUT2D eigenvalue weighted by Crippen LogP contribution is 2.10. The summed E-state index contributed by atoms with van der Waals surface area (Å²) in [5.41, 5.74) is 5.47. The Balaban J connectivity index is 3.52. The lowest BCUT2D eigenvalue weighted by molar-refractivity contribution is -0.126. The number of hydrazine groups is 1. The van der Waals surface area contributed by atoms with Crippen LogP contribution < -0.4 is 10.9 Å². The van der Waals surface area contributed by atoms with E-state index in [0.717, 1.165) is 6.42 Å². The van der Waals surface area contributed by atoms with Gasteiger partial charge in [0.15, 0.2) is 0 Å². The molecule has 4 nitrogen and oxygen atoms in total. The van der Waals surface area contributed by atoms with Crippen molar-refractivity contribution >= 4 is 5.91 Å². The number of amides is 1. The lowest BCUT2D eigenvalue weighted by atomic mass is 9.98. The van der Waals surface area contributed by atoms with Crippen LogP contribution in [0.5, 0.6) is 0 Å². The molecule has 0 saturated carbocycles. The van der Waals surface area contributed by atoms with Crippen molar-refractivity contribution in [3.63, 3.8) is 0 Å². The van der Waals surface area contributed by atoms with Gasteiger partial charge in [-0.1, -0.05) is 20.8 Å². The van der Waals surface area contributed by atoms with Gasteiger partial charge in [0, 0.05) is 19.6 Å². The van der Waals surface area contributed by atoms with E-state index >= 15 is 0 Å². The Hall–Kier alpha value is -0.610. The maximum atomic E-state index is 11.4. The molecule has 1 amide bonds. The summed E-state index contributed by atoms with van der Waals surface area (Å²) in [5.74, 6) is 0.662. The monoisotopic (exact) mass is 202 g/mol. The molecule has 84 valence electrons. The van der Waals surface area contributed by atoms with Crippen molar-refractivity contribution in [2.24, 2.45) is 11.8 Å². The number of methoxy groups -OCH3 is 1. The van der Waals surface area contributed by atoms with Crippen molar-refractivity contribution in [2.45, 2.75) is 27.2 Å². The second-order valence-electron chi connectivity index (χ2n) is 3.94. The topological polar surface area (TPSA) is 50.4 Å². The molecule has 0 aromatic heterocycles. The molecule has 0 fully saturated rings. The van der Waals surface area contributed by atoms with E-state index < -0.39 is 0 Å². The zero-order chi connectivity index (χ0) is 11.0. The van der Waals surface area contributed by atoms with E-state index in [1.54, 1.807) is 7.11 Å². The molecule has 0 aliphatic carbocycles. The Kier molecular flexibility index (Phi) is 7.42. The van der Waals surface area contributed by atoms with Crippen LogP contribution in [0.3, 0.4) is 0 Å². The smallest absolute Gasteiger partial charge is 0.236 e. The van der Waals surface area contributed by atoms with E-state index in [1.807, 2.05) is 6.92 Å². The number of hydrogen-bond donors (Lipinski definition) is 2. The average Bonchev–Trinajstić information content (AvgIpc) is 2.11. The van der Waals surface area contributed by atoms with Gasteiger partial charge < -0.3 is 4.74 Å². The Morgan fingerprint density at radius 1 is 1.36 bits per heavy atom. The molecule has 0 aromatic carbocycles. The molecule has 0 aliphatic rings. The standard InChI is InChI=1S/C10H22N2O2/c1-8(2)7-9(3)10(13)12-11-5-6-14-4/h8-9,11H,5-7H2,1-4H3,(H,12,13). The Morgan fingerprint density at radius 2 is 2.00 bits per heavy atom. The van der Waals surface area contributed by atoms with Crippen LogP contribution >= 0.6 is 0 Å². The molecular formula is C10H22N2O2. The molecule has 2 N–H and O–H groups in total. The third-order valence-corrected chi connectivity index (χ3v) is 1.92. The minimum atomic E-state index is 0.0507. The maximum Gasteiger partial charge on any atom is 0.236 e. The minimum absolute atomic E-state index is 0.0507. The molecule has 0 radical (unpaired) electrons. The molecule has 0 aliphatic heterocycles. The minimum Gasteiger partial charge on any atom is -0.383 e. The molecular weight excluding hydrogens is 180 g/mol. The van der Waals surface area contributed by atoms with Crippen molar-refractivity contribution in [1.29, 1.82) is 0 Å². The predicted octanol–water partition coefficient (Wildman–Crippen LogP) is 0.936. The van der Waals surface area contributed by atoms with Crippen LogP contribution in [-0.4, -0.2) is 26.2 Å². The summed E-state index contributed by atoms with van der Waals surface area (Å²) in [4.78, 5) is 11.4. The van der Waals surface area contributed by atoms with Crippen LogP contribution in [0.1, 0.15) is 27.2 Å². The highest BCUT2D eigenvalue weighted by molar-refractivity contribution is 5.77. The average molecular weight is 202 g/mol. The van der Waals surface area contributed by atoms with E-state index in [1.165, 1.54) is 0 Å². The van der Waals surface area contributed by atoms with Gasteiger partial charge in [-0.05, 0) is 12.3 Å². The molecule has 0 saturated heterocycles. The van der Waals surface area contributed by atoms with E-state index in [4.69, 9.17) is 4.74 Å². The van der Waals surface area contributed by atoms with Gasteiger partial charge >= 0.3 is 0 Å². The molecule has 1 atom stereocenters. The van der Waals surface area contributed by atoms with Gasteiger partial charge in [-0.2, -0.15) is 0 Å². The first-order chi connectivity index (χ1) is 6.57. The number of hydrogen-bond acceptors (Lipinski definition) is 3.